The van der Waals surface area contributed by atoms with Gasteiger partial charge in [-0.1, -0.05) is 0 Å². The molecule has 4 heteroatoms. The minimum atomic E-state index is -0.372. The summed E-state index contributed by atoms with van der Waals surface area (Å²) < 4.78 is 4.75. The first kappa shape index (κ1) is 10.5. The predicted molar refractivity (Wildman–Crippen MR) is 52.1 cm³/mol. The number of aromatic nitrogens is 1. The van der Waals surface area contributed by atoms with Crippen molar-refractivity contribution < 1.29 is 9.53 Å². The first-order valence-electron chi connectivity index (χ1n) is 4.47. The van der Waals surface area contributed by atoms with E-state index in [0.29, 0.717) is 17.7 Å². The standard InChI is InChI=1S/C10H13NO3/c1-3-14-9(12)4-8-6-11-5-7(2)10(8)13/h5-6H,3-4H2,1-2H3,(H,11,13). The van der Waals surface area contributed by atoms with E-state index in [-0.39, 0.29) is 17.8 Å². The summed E-state index contributed by atoms with van der Waals surface area (Å²) in [5.74, 6) is -0.372. The number of carbonyl (C=O) groups excluding carboxylic acids is 1. The van der Waals surface area contributed by atoms with Gasteiger partial charge in [-0.25, -0.2) is 0 Å². The van der Waals surface area contributed by atoms with Crippen LogP contribution >= 0.6 is 0 Å². The lowest BCUT2D eigenvalue weighted by Gasteiger charge is -2.01. The van der Waals surface area contributed by atoms with E-state index in [0.717, 1.165) is 0 Å². The smallest absolute Gasteiger partial charge is 0.310 e. The Hall–Kier alpha value is -1.58. The van der Waals surface area contributed by atoms with Gasteiger partial charge in [0.25, 0.3) is 0 Å². The molecule has 1 rings (SSSR count). The van der Waals surface area contributed by atoms with Crippen LogP contribution < -0.4 is 5.43 Å². The van der Waals surface area contributed by atoms with Gasteiger partial charge in [0, 0.05) is 23.5 Å². The van der Waals surface area contributed by atoms with Crippen molar-refractivity contribution >= 4 is 5.97 Å². The van der Waals surface area contributed by atoms with Crippen LogP contribution in [0.4, 0.5) is 0 Å². The van der Waals surface area contributed by atoms with Crippen LogP contribution in [0.25, 0.3) is 0 Å². The molecule has 76 valence electrons. The molecule has 1 aromatic rings. The highest BCUT2D eigenvalue weighted by Crippen LogP contribution is 1.95. The molecule has 0 atom stereocenters. The van der Waals surface area contributed by atoms with Gasteiger partial charge >= 0.3 is 5.97 Å². The van der Waals surface area contributed by atoms with Crippen LogP contribution in [0.15, 0.2) is 17.2 Å². The van der Waals surface area contributed by atoms with Crippen LogP contribution in [-0.4, -0.2) is 17.6 Å². The summed E-state index contributed by atoms with van der Waals surface area (Å²) in [6.45, 7) is 3.77. The van der Waals surface area contributed by atoms with Crippen molar-refractivity contribution in [2.45, 2.75) is 20.3 Å². The van der Waals surface area contributed by atoms with Crippen molar-refractivity contribution in [3.8, 4) is 0 Å². The van der Waals surface area contributed by atoms with Gasteiger partial charge in [-0.3, -0.25) is 9.59 Å². The molecule has 0 aliphatic carbocycles. The molecule has 1 heterocycles. The number of nitrogens with one attached hydrogen (secondary N) is 1. The van der Waals surface area contributed by atoms with Crippen molar-refractivity contribution in [1.82, 2.24) is 4.98 Å². The van der Waals surface area contributed by atoms with Crippen LogP contribution in [0.3, 0.4) is 0 Å². The number of hydrogen-bond acceptors (Lipinski definition) is 3. The zero-order valence-electron chi connectivity index (χ0n) is 8.29. The molecule has 0 unspecified atom stereocenters. The Morgan fingerprint density at radius 3 is 2.86 bits per heavy atom. The van der Waals surface area contributed by atoms with Gasteiger partial charge in [0.2, 0.25) is 0 Å². The van der Waals surface area contributed by atoms with Crippen LogP contribution in [0, 0.1) is 6.92 Å². The maximum Gasteiger partial charge on any atom is 0.310 e. The summed E-state index contributed by atoms with van der Waals surface area (Å²) >= 11 is 0. The quantitative estimate of drug-likeness (QED) is 0.725. The van der Waals surface area contributed by atoms with Gasteiger partial charge in [-0.2, -0.15) is 0 Å². The Balaban J connectivity index is 2.82. The third kappa shape index (κ3) is 2.45. The highest BCUT2D eigenvalue weighted by atomic mass is 16.5. The van der Waals surface area contributed by atoms with Gasteiger partial charge in [0.15, 0.2) is 5.43 Å². The third-order valence-corrected chi connectivity index (χ3v) is 1.85. The summed E-state index contributed by atoms with van der Waals surface area (Å²) in [7, 11) is 0. The lowest BCUT2D eigenvalue weighted by atomic mass is 10.1. The van der Waals surface area contributed by atoms with Gasteiger partial charge < -0.3 is 9.72 Å². The fraction of sp³-hybridized carbons (Fsp3) is 0.400. The number of esters is 1. The molecule has 0 saturated carbocycles. The maximum atomic E-state index is 11.5. The molecule has 0 aliphatic heterocycles. The minimum Gasteiger partial charge on any atom is -0.466 e. The fourth-order valence-electron chi connectivity index (χ4n) is 1.15. The SMILES string of the molecule is CCOC(=O)Cc1c[nH]cc(C)c1=O. The maximum absolute atomic E-state index is 11.5. The Bertz CT molecular complexity index is 381. The molecule has 0 amide bonds. The summed E-state index contributed by atoms with van der Waals surface area (Å²) in [4.78, 5) is 25.4. The zero-order chi connectivity index (χ0) is 10.6. The molecule has 0 radical (unpaired) electrons. The van der Waals surface area contributed by atoms with Crippen molar-refractivity contribution in [2.24, 2.45) is 0 Å². The van der Waals surface area contributed by atoms with Gasteiger partial charge in [-0.05, 0) is 13.8 Å². The van der Waals surface area contributed by atoms with E-state index in [9.17, 15) is 9.59 Å². The molecular formula is C10H13NO3. The summed E-state index contributed by atoms with van der Waals surface area (Å²) in [6, 6.07) is 0. The van der Waals surface area contributed by atoms with E-state index in [1.54, 1.807) is 20.0 Å². The lowest BCUT2D eigenvalue weighted by molar-refractivity contribution is -0.142. The van der Waals surface area contributed by atoms with Gasteiger partial charge in [0.1, 0.15) is 0 Å². The van der Waals surface area contributed by atoms with Crippen LogP contribution in [0.2, 0.25) is 0 Å². The number of aryl methyl sites for hydroxylation is 1. The highest BCUT2D eigenvalue weighted by molar-refractivity contribution is 5.72. The Morgan fingerprint density at radius 2 is 2.21 bits per heavy atom. The molecular weight excluding hydrogens is 182 g/mol. The first-order chi connectivity index (χ1) is 6.65. The topological polar surface area (TPSA) is 59.2 Å². The molecule has 0 saturated heterocycles. The number of H-pyrrole nitrogens is 1. The van der Waals surface area contributed by atoms with E-state index in [2.05, 4.69) is 4.98 Å². The molecule has 1 N–H and O–H groups in total. The normalized spacial score (nSPS) is 9.86. The summed E-state index contributed by atoms with van der Waals surface area (Å²) in [5, 5.41) is 0. The third-order valence-electron chi connectivity index (χ3n) is 1.85. The number of aromatic amines is 1. The minimum absolute atomic E-state index is 0.0326. The lowest BCUT2D eigenvalue weighted by Crippen LogP contribution is -2.17. The van der Waals surface area contributed by atoms with Crippen molar-refractivity contribution in [3.05, 3.63) is 33.7 Å². The Morgan fingerprint density at radius 1 is 1.50 bits per heavy atom. The largest absolute Gasteiger partial charge is 0.466 e. The average molecular weight is 195 g/mol. The second kappa shape index (κ2) is 4.60. The Kier molecular flexibility index (Phi) is 3.45. The van der Waals surface area contributed by atoms with E-state index in [4.69, 9.17) is 4.74 Å². The number of hydrogen-bond donors (Lipinski definition) is 1. The Labute approximate surface area is 81.9 Å². The molecule has 1 aromatic heterocycles. The highest BCUT2D eigenvalue weighted by Gasteiger charge is 2.08. The molecule has 0 fully saturated rings. The predicted octanol–water partition coefficient (Wildman–Crippen LogP) is 0.789. The van der Waals surface area contributed by atoms with E-state index >= 15 is 0 Å². The van der Waals surface area contributed by atoms with Gasteiger partial charge in [0.05, 0.1) is 13.0 Å². The number of rotatable bonds is 3. The van der Waals surface area contributed by atoms with Gasteiger partial charge in [-0.15, -0.1) is 0 Å². The molecule has 0 bridgehead atoms. The first-order valence-corrected chi connectivity index (χ1v) is 4.47. The number of ether oxygens (including phenoxy) is 1. The number of carbonyl (C=O) groups is 1. The molecule has 14 heavy (non-hydrogen) atoms. The van der Waals surface area contributed by atoms with E-state index in [1.807, 2.05) is 0 Å². The number of pyridine rings is 1. The second-order valence-electron chi connectivity index (χ2n) is 2.97. The monoisotopic (exact) mass is 195 g/mol. The molecule has 4 nitrogen and oxygen atoms in total. The van der Waals surface area contributed by atoms with Crippen molar-refractivity contribution in [2.75, 3.05) is 6.61 Å². The fourth-order valence-corrected chi connectivity index (χ4v) is 1.15. The zero-order valence-corrected chi connectivity index (χ0v) is 8.29. The molecule has 0 spiro atoms. The van der Waals surface area contributed by atoms with Crippen molar-refractivity contribution in [1.29, 1.82) is 0 Å². The van der Waals surface area contributed by atoms with Crippen LogP contribution in [0.5, 0.6) is 0 Å². The summed E-state index contributed by atoms with van der Waals surface area (Å²) in [5.41, 5.74) is 0.951. The van der Waals surface area contributed by atoms with Crippen LogP contribution in [0.1, 0.15) is 18.1 Å². The van der Waals surface area contributed by atoms with Crippen molar-refractivity contribution in [3.63, 3.8) is 0 Å². The van der Waals surface area contributed by atoms with E-state index in [1.165, 1.54) is 6.20 Å². The molecule has 0 aromatic carbocycles. The average Bonchev–Trinajstić information content (AvgIpc) is 2.13. The van der Waals surface area contributed by atoms with E-state index < -0.39 is 0 Å². The van der Waals surface area contributed by atoms with Crippen LogP contribution in [-0.2, 0) is 16.0 Å². The molecule has 0 aliphatic rings. The second-order valence-corrected chi connectivity index (χ2v) is 2.97. The summed E-state index contributed by atoms with van der Waals surface area (Å²) in [6.07, 6.45) is 3.17.